The van der Waals surface area contributed by atoms with Gasteiger partial charge in [0.25, 0.3) is 0 Å². The zero-order valence-electron chi connectivity index (χ0n) is 23.3. The van der Waals surface area contributed by atoms with E-state index in [4.69, 9.17) is 0 Å². The van der Waals surface area contributed by atoms with Gasteiger partial charge in [-0.3, -0.25) is 0 Å². The SMILES string of the molecule is N#Cc1ccc2c(c1)c1cc(-c3ccc4ccc5c(-c6ccccc6)ccc6ccc3c4c65)ccc1n2-c1ccccc1. The molecule has 0 atom stereocenters. The maximum Gasteiger partial charge on any atom is 0.0991 e. The Hall–Kier alpha value is -5.91. The van der Waals surface area contributed by atoms with E-state index in [1.165, 1.54) is 54.6 Å². The molecule has 2 nitrogen and oxygen atoms in total. The van der Waals surface area contributed by atoms with Crippen LogP contribution in [0.1, 0.15) is 5.56 Å². The van der Waals surface area contributed by atoms with Crippen molar-refractivity contribution < 1.29 is 0 Å². The molecule has 43 heavy (non-hydrogen) atoms. The molecule has 0 aliphatic heterocycles. The van der Waals surface area contributed by atoms with Crippen LogP contribution in [0.4, 0.5) is 0 Å². The summed E-state index contributed by atoms with van der Waals surface area (Å²) in [6.07, 6.45) is 0. The molecule has 0 unspecified atom stereocenters. The molecule has 0 aliphatic carbocycles. The summed E-state index contributed by atoms with van der Waals surface area (Å²) in [5.74, 6) is 0. The van der Waals surface area contributed by atoms with Gasteiger partial charge in [-0.2, -0.15) is 5.26 Å². The summed E-state index contributed by atoms with van der Waals surface area (Å²) in [5, 5.41) is 19.6. The van der Waals surface area contributed by atoms with Gasteiger partial charge in [-0.1, -0.05) is 103 Å². The molecule has 8 aromatic carbocycles. The van der Waals surface area contributed by atoms with E-state index in [9.17, 15) is 5.26 Å². The molecule has 0 saturated heterocycles. The minimum atomic E-state index is 0.668. The van der Waals surface area contributed by atoms with Crippen molar-refractivity contribution in [1.82, 2.24) is 4.57 Å². The highest BCUT2D eigenvalue weighted by atomic mass is 15.0. The Morgan fingerprint density at radius 3 is 1.65 bits per heavy atom. The van der Waals surface area contributed by atoms with Gasteiger partial charge in [-0.05, 0) is 97.0 Å². The van der Waals surface area contributed by atoms with Crippen LogP contribution in [0.3, 0.4) is 0 Å². The largest absolute Gasteiger partial charge is 0.309 e. The van der Waals surface area contributed by atoms with Crippen LogP contribution < -0.4 is 0 Å². The van der Waals surface area contributed by atoms with Crippen molar-refractivity contribution in [2.24, 2.45) is 0 Å². The lowest BCUT2D eigenvalue weighted by Crippen LogP contribution is -1.93. The van der Waals surface area contributed by atoms with Crippen LogP contribution in [0.15, 0.2) is 146 Å². The molecule has 9 aromatic rings. The second kappa shape index (κ2) is 9.05. The van der Waals surface area contributed by atoms with Crippen molar-refractivity contribution in [1.29, 1.82) is 5.26 Å². The van der Waals surface area contributed by atoms with E-state index in [2.05, 4.69) is 138 Å². The highest BCUT2D eigenvalue weighted by Gasteiger charge is 2.17. The highest BCUT2D eigenvalue weighted by molar-refractivity contribution is 6.27. The van der Waals surface area contributed by atoms with Gasteiger partial charge in [0, 0.05) is 16.5 Å². The summed E-state index contributed by atoms with van der Waals surface area (Å²) in [6.45, 7) is 0. The van der Waals surface area contributed by atoms with Crippen LogP contribution in [0, 0.1) is 11.3 Å². The standard InChI is InChI=1S/C41H24N2/c42-25-26-11-21-38-36(23-26)37-24-30(16-22-39(37)43(38)31-9-5-2-6-10-31)33-18-13-29-14-19-34-32(27-7-3-1-4-8-27)17-12-28-15-20-35(33)41(29)40(28)34/h1-24H. The number of hydrogen-bond donors (Lipinski definition) is 0. The predicted molar refractivity (Wildman–Crippen MR) is 180 cm³/mol. The minimum absolute atomic E-state index is 0.668. The van der Waals surface area contributed by atoms with Gasteiger partial charge in [-0.25, -0.2) is 0 Å². The Balaban J connectivity index is 1.33. The van der Waals surface area contributed by atoms with Crippen LogP contribution in [0.5, 0.6) is 0 Å². The van der Waals surface area contributed by atoms with Gasteiger partial charge in [0.15, 0.2) is 0 Å². The Morgan fingerprint density at radius 2 is 1.00 bits per heavy atom. The van der Waals surface area contributed by atoms with E-state index in [0.29, 0.717) is 5.56 Å². The molecule has 2 heteroatoms. The minimum Gasteiger partial charge on any atom is -0.309 e. The van der Waals surface area contributed by atoms with Crippen molar-refractivity contribution in [2.45, 2.75) is 0 Å². The monoisotopic (exact) mass is 544 g/mol. The van der Waals surface area contributed by atoms with Crippen molar-refractivity contribution in [3.63, 3.8) is 0 Å². The summed E-state index contributed by atoms with van der Waals surface area (Å²) in [4.78, 5) is 0. The number of nitrogens with zero attached hydrogens (tertiary/aromatic N) is 2. The van der Waals surface area contributed by atoms with E-state index in [1.807, 2.05) is 18.2 Å². The molecule has 0 fully saturated rings. The average Bonchev–Trinajstić information content (AvgIpc) is 3.40. The molecular weight excluding hydrogens is 520 g/mol. The first-order valence-electron chi connectivity index (χ1n) is 14.6. The summed E-state index contributed by atoms with van der Waals surface area (Å²) in [5.41, 5.74) is 8.88. The Bertz CT molecular complexity index is 2550. The number of aromatic nitrogens is 1. The maximum absolute atomic E-state index is 9.71. The number of para-hydroxylation sites is 1. The zero-order valence-corrected chi connectivity index (χ0v) is 23.3. The highest BCUT2D eigenvalue weighted by Crippen LogP contribution is 2.43. The second-order valence-corrected chi connectivity index (χ2v) is 11.3. The third kappa shape index (κ3) is 3.46. The molecule has 9 rings (SSSR count). The van der Waals surface area contributed by atoms with Crippen molar-refractivity contribution in [3.05, 3.63) is 151 Å². The number of benzene rings is 8. The van der Waals surface area contributed by atoms with Gasteiger partial charge in [0.05, 0.1) is 22.7 Å². The van der Waals surface area contributed by atoms with Gasteiger partial charge < -0.3 is 4.57 Å². The van der Waals surface area contributed by atoms with Crippen molar-refractivity contribution in [2.75, 3.05) is 0 Å². The second-order valence-electron chi connectivity index (χ2n) is 11.3. The number of rotatable bonds is 3. The lowest BCUT2D eigenvalue weighted by atomic mass is 9.87. The van der Waals surface area contributed by atoms with Gasteiger partial charge in [0.1, 0.15) is 0 Å². The fourth-order valence-corrected chi connectivity index (χ4v) is 7.04. The van der Waals surface area contributed by atoms with E-state index in [-0.39, 0.29) is 0 Å². The molecule has 0 aliphatic rings. The molecule has 0 spiro atoms. The third-order valence-corrected chi connectivity index (χ3v) is 8.97. The maximum atomic E-state index is 9.71. The molecular formula is C41H24N2. The molecule has 1 aromatic heterocycles. The molecule has 0 saturated carbocycles. The Labute approximate surface area is 248 Å². The normalized spacial score (nSPS) is 11.7. The van der Waals surface area contributed by atoms with E-state index in [0.717, 1.165) is 27.5 Å². The van der Waals surface area contributed by atoms with Gasteiger partial charge in [0.2, 0.25) is 0 Å². The fourth-order valence-electron chi connectivity index (χ4n) is 7.04. The number of fused-ring (bicyclic) bond motifs is 3. The third-order valence-electron chi connectivity index (χ3n) is 8.97. The van der Waals surface area contributed by atoms with E-state index >= 15 is 0 Å². The zero-order chi connectivity index (χ0) is 28.5. The summed E-state index contributed by atoms with van der Waals surface area (Å²) >= 11 is 0. The first kappa shape index (κ1) is 23.8. The summed E-state index contributed by atoms with van der Waals surface area (Å²) < 4.78 is 2.30. The first-order valence-corrected chi connectivity index (χ1v) is 14.6. The van der Waals surface area contributed by atoms with Gasteiger partial charge >= 0.3 is 0 Å². The van der Waals surface area contributed by atoms with Crippen LogP contribution >= 0.6 is 0 Å². The van der Waals surface area contributed by atoms with E-state index in [1.54, 1.807) is 0 Å². The molecule has 0 N–H and O–H groups in total. The summed E-state index contributed by atoms with van der Waals surface area (Å²) in [6, 6.07) is 54.4. The lowest BCUT2D eigenvalue weighted by molar-refractivity contribution is 1.18. The lowest BCUT2D eigenvalue weighted by Gasteiger charge is -2.16. The van der Waals surface area contributed by atoms with Crippen molar-refractivity contribution in [3.8, 4) is 34.0 Å². The molecule has 0 bridgehead atoms. The average molecular weight is 545 g/mol. The summed E-state index contributed by atoms with van der Waals surface area (Å²) in [7, 11) is 0. The topological polar surface area (TPSA) is 28.7 Å². The fraction of sp³-hybridized carbons (Fsp3) is 0. The molecule has 1 heterocycles. The van der Waals surface area contributed by atoms with Crippen molar-refractivity contribution >= 4 is 54.1 Å². The predicted octanol–water partition coefficient (Wildman–Crippen LogP) is 10.9. The Kier molecular flexibility index (Phi) is 5.00. The van der Waals surface area contributed by atoms with Crippen LogP contribution in [0.2, 0.25) is 0 Å². The Morgan fingerprint density at radius 1 is 0.442 bits per heavy atom. The van der Waals surface area contributed by atoms with Crippen LogP contribution in [-0.4, -0.2) is 4.57 Å². The number of nitriles is 1. The molecule has 198 valence electrons. The van der Waals surface area contributed by atoms with Crippen LogP contribution in [0.25, 0.3) is 82.1 Å². The quantitative estimate of drug-likeness (QED) is 0.203. The number of hydrogen-bond acceptors (Lipinski definition) is 1. The van der Waals surface area contributed by atoms with E-state index < -0.39 is 0 Å². The molecule has 0 amide bonds. The van der Waals surface area contributed by atoms with Gasteiger partial charge in [-0.15, -0.1) is 0 Å². The van der Waals surface area contributed by atoms with Crippen LogP contribution in [-0.2, 0) is 0 Å². The smallest absolute Gasteiger partial charge is 0.0991 e. The molecule has 0 radical (unpaired) electrons. The first-order chi connectivity index (χ1) is 21.3.